The van der Waals surface area contributed by atoms with Gasteiger partial charge in [0.25, 0.3) is 0 Å². The normalized spacial score (nSPS) is 45.4. The number of benzene rings is 1. The predicted molar refractivity (Wildman–Crippen MR) is 74.1 cm³/mol. The number of nitrogen functional groups attached to an aromatic ring is 1. The van der Waals surface area contributed by atoms with E-state index in [0.29, 0.717) is 5.41 Å². The standard InChI is InChI=1S/C16H22N2/c17-14-3-1-13(2-4-14)15-6-11-5-12(7-15)9-16(18,8-11)10-15/h1-4,11-12H,5-10,17-18H2. The number of nitrogens with two attached hydrogens (primary N) is 2. The van der Waals surface area contributed by atoms with E-state index >= 15 is 0 Å². The first-order valence-electron chi connectivity index (χ1n) is 7.22. The number of hydrogen-bond donors (Lipinski definition) is 2. The highest BCUT2D eigenvalue weighted by molar-refractivity contribution is 5.43. The van der Waals surface area contributed by atoms with Gasteiger partial charge in [-0.05, 0) is 73.5 Å². The average molecular weight is 242 g/mol. The molecule has 4 aliphatic rings. The van der Waals surface area contributed by atoms with Crippen molar-refractivity contribution in [2.24, 2.45) is 17.6 Å². The van der Waals surface area contributed by atoms with Gasteiger partial charge in [0, 0.05) is 11.2 Å². The maximum Gasteiger partial charge on any atom is 0.0314 e. The van der Waals surface area contributed by atoms with Gasteiger partial charge >= 0.3 is 0 Å². The van der Waals surface area contributed by atoms with Crippen molar-refractivity contribution in [2.75, 3.05) is 5.73 Å². The first-order valence-corrected chi connectivity index (χ1v) is 7.22. The van der Waals surface area contributed by atoms with Crippen molar-refractivity contribution in [2.45, 2.75) is 49.5 Å². The highest BCUT2D eigenvalue weighted by atomic mass is 14.8. The van der Waals surface area contributed by atoms with Crippen LogP contribution in [0, 0.1) is 11.8 Å². The first-order chi connectivity index (χ1) is 8.57. The van der Waals surface area contributed by atoms with Crippen LogP contribution in [-0.4, -0.2) is 5.54 Å². The molecular formula is C16H22N2. The molecule has 0 radical (unpaired) electrons. The molecule has 4 N–H and O–H groups in total. The molecule has 96 valence electrons. The van der Waals surface area contributed by atoms with Crippen LogP contribution < -0.4 is 11.5 Å². The summed E-state index contributed by atoms with van der Waals surface area (Å²) in [5.74, 6) is 1.74. The molecule has 0 aliphatic heterocycles. The third-order valence-electron chi connectivity index (χ3n) is 5.63. The van der Waals surface area contributed by atoms with E-state index in [2.05, 4.69) is 24.3 Å². The van der Waals surface area contributed by atoms with Crippen LogP contribution in [0.2, 0.25) is 0 Å². The molecule has 2 atom stereocenters. The van der Waals surface area contributed by atoms with Crippen LogP contribution in [0.15, 0.2) is 24.3 Å². The molecule has 2 nitrogen and oxygen atoms in total. The number of hydrogen-bond acceptors (Lipinski definition) is 2. The van der Waals surface area contributed by atoms with Gasteiger partial charge in [-0.2, -0.15) is 0 Å². The Labute approximate surface area is 109 Å². The van der Waals surface area contributed by atoms with E-state index in [9.17, 15) is 0 Å². The largest absolute Gasteiger partial charge is 0.399 e. The molecule has 0 amide bonds. The molecular weight excluding hydrogens is 220 g/mol. The third-order valence-corrected chi connectivity index (χ3v) is 5.63. The van der Waals surface area contributed by atoms with Crippen LogP contribution in [0.4, 0.5) is 5.69 Å². The zero-order chi connectivity index (χ0) is 12.4. The van der Waals surface area contributed by atoms with E-state index in [-0.39, 0.29) is 5.54 Å². The van der Waals surface area contributed by atoms with Gasteiger partial charge in [-0.3, -0.25) is 0 Å². The lowest BCUT2D eigenvalue weighted by atomic mass is 9.45. The van der Waals surface area contributed by atoms with Crippen LogP contribution >= 0.6 is 0 Å². The van der Waals surface area contributed by atoms with Gasteiger partial charge in [0.1, 0.15) is 0 Å². The molecule has 0 aromatic heterocycles. The topological polar surface area (TPSA) is 52.0 Å². The highest BCUT2D eigenvalue weighted by Crippen LogP contribution is 2.61. The van der Waals surface area contributed by atoms with Crippen LogP contribution in [0.25, 0.3) is 0 Å². The Bertz CT molecular complexity index is 462. The van der Waals surface area contributed by atoms with Gasteiger partial charge < -0.3 is 11.5 Å². The Morgan fingerprint density at radius 3 is 2.11 bits per heavy atom. The molecule has 4 aliphatic carbocycles. The lowest BCUT2D eigenvalue weighted by Crippen LogP contribution is -2.61. The van der Waals surface area contributed by atoms with Gasteiger partial charge in [-0.25, -0.2) is 0 Å². The summed E-state index contributed by atoms with van der Waals surface area (Å²) in [4.78, 5) is 0. The van der Waals surface area contributed by atoms with Crippen molar-refractivity contribution in [3.63, 3.8) is 0 Å². The molecule has 0 saturated heterocycles. The van der Waals surface area contributed by atoms with Crippen molar-refractivity contribution >= 4 is 5.69 Å². The molecule has 1 aromatic rings. The summed E-state index contributed by atoms with van der Waals surface area (Å²) in [5, 5.41) is 0. The van der Waals surface area contributed by atoms with E-state index < -0.39 is 0 Å². The predicted octanol–water partition coefficient (Wildman–Crippen LogP) is 2.82. The number of rotatable bonds is 1. The highest BCUT2D eigenvalue weighted by Gasteiger charge is 2.56. The minimum atomic E-state index is 0.130. The quantitative estimate of drug-likeness (QED) is 0.744. The van der Waals surface area contributed by atoms with Gasteiger partial charge in [0.2, 0.25) is 0 Å². The second kappa shape index (κ2) is 3.30. The van der Waals surface area contributed by atoms with Crippen molar-refractivity contribution < 1.29 is 0 Å². The Hall–Kier alpha value is -1.02. The zero-order valence-corrected chi connectivity index (χ0v) is 10.9. The van der Waals surface area contributed by atoms with E-state index in [1.165, 1.54) is 44.1 Å². The Balaban J connectivity index is 1.77. The van der Waals surface area contributed by atoms with Crippen LogP contribution in [0.1, 0.15) is 44.1 Å². The Morgan fingerprint density at radius 1 is 0.944 bits per heavy atom. The lowest BCUT2D eigenvalue weighted by molar-refractivity contribution is -0.0227. The van der Waals surface area contributed by atoms with Crippen LogP contribution in [0.5, 0.6) is 0 Å². The lowest BCUT2D eigenvalue weighted by Gasteiger charge is -2.61. The van der Waals surface area contributed by atoms with E-state index in [1.807, 2.05) is 0 Å². The summed E-state index contributed by atoms with van der Waals surface area (Å²) >= 11 is 0. The zero-order valence-electron chi connectivity index (χ0n) is 10.9. The SMILES string of the molecule is Nc1ccc(C23CC4CC(CC(N)(C4)C2)C3)cc1. The van der Waals surface area contributed by atoms with E-state index in [1.54, 1.807) is 0 Å². The fourth-order valence-electron chi connectivity index (χ4n) is 5.51. The molecule has 5 rings (SSSR count). The second-order valence-electron chi connectivity index (χ2n) is 7.23. The Morgan fingerprint density at radius 2 is 1.56 bits per heavy atom. The van der Waals surface area contributed by atoms with E-state index in [4.69, 9.17) is 11.5 Å². The van der Waals surface area contributed by atoms with Crippen LogP contribution in [0.3, 0.4) is 0 Å². The molecule has 4 saturated carbocycles. The van der Waals surface area contributed by atoms with Crippen molar-refractivity contribution in [3.05, 3.63) is 29.8 Å². The first kappa shape index (κ1) is 10.9. The minimum Gasteiger partial charge on any atom is -0.399 e. The maximum atomic E-state index is 6.65. The average Bonchev–Trinajstić information content (AvgIpc) is 2.26. The second-order valence-corrected chi connectivity index (χ2v) is 7.23. The number of anilines is 1. The summed E-state index contributed by atoms with van der Waals surface area (Å²) in [6.45, 7) is 0. The summed E-state index contributed by atoms with van der Waals surface area (Å²) in [6, 6.07) is 8.59. The molecule has 4 fully saturated rings. The molecule has 18 heavy (non-hydrogen) atoms. The summed E-state index contributed by atoms with van der Waals surface area (Å²) < 4.78 is 0. The minimum absolute atomic E-state index is 0.130. The molecule has 0 spiro atoms. The van der Waals surface area contributed by atoms with Gasteiger partial charge in [-0.15, -0.1) is 0 Å². The van der Waals surface area contributed by atoms with Crippen molar-refractivity contribution in [1.29, 1.82) is 0 Å². The van der Waals surface area contributed by atoms with Crippen molar-refractivity contribution in [3.8, 4) is 0 Å². The smallest absolute Gasteiger partial charge is 0.0314 e. The summed E-state index contributed by atoms with van der Waals surface area (Å²) in [7, 11) is 0. The fourth-order valence-corrected chi connectivity index (χ4v) is 5.51. The summed E-state index contributed by atoms with van der Waals surface area (Å²) in [6.07, 6.45) is 7.85. The molecule has 2 heteroatoms. The monoisotopic (exact) mass is 242 g/mol. The molecule has 4 bridgehead atoms. The van der Waals surface area contributed by atoms with Gasteiger partial charge in [0.15, 0.2) is 0 Å². The molecule has 0 heterocycles. The molecule has 2 unspecified atom stereocenters. The van der Waals surface area contributed by atoms with Gasteiger partial charge in [-0.1, -0.05) is 12.1 Å². The third kappa shape index (κ3) is 1.45. The van der Waals surface area contributed by atoms with Crippen molar-refractivity contribution in [1.82, 2.24) is 0 Å². The van der Waals surface area contributed by atoms with Gasteiger partial charge in [0.05, 0.1) is 0 Å². The van der Waals surface area contributed by atoms with E-state index in [0.717, 1.165) is 17.5 Å². The summed E-state index contributed by atoms with van der Waals surface area (Å²) in [5.41, 5.74) is 15.3. The molecule has 1 aromatic carbocycles. The Kier molecular flexibility index (Phi) is 1.99. The van der Waals surface area contributed by atoms with Crippen LogP contribution in [-0.2, 0) is 5.41 Å². The fraction of sp³-hybridized carbons (Fsp3) is 0.625. The maximum absolute atomic E-state index is 6.65.